The number of carbonyl (C=O) groups excluding carboxylic acids is 2. The van der Waals surface area contributed by atoms with Crippen molar-refractivity contribution in [3.05, 3.63) is 0 Å². The Morgan fingerprint density at radius 1 is 1.11 bits per heavy atom. The Labute approximate surface area is 115 Å². The van der Waals surface area contributed by atoms with Gasteiger partial charge in [-0.2, -0.15) is 0 Å². The Morgan fingerprint density at radius 3 is 2.32 bits per heavy atom. The molecule has 1 aliphatic rings. The molecular formula is C14H27N3O2. The molecule has 5 heteroatoms. The molecule has 0 aromatic carbocycles. The molecule has 0 aromatic rings. The van der Waals surface area contributed by atoms with Crippen LogP contribution >= 0.6 is 0 Å². The fraction of sp³-hybridized carbons (Fsp3) is 0.857. The van der Waals surface area contributed by atoms with Crippen molar-refractivity contribution in [1.82, 2.24) is 16.0 Å². The summed E-state index contributed by atoms with van der Waals surface area (Å²) >= 11 is 0. The molecule has 0 saturated heterocycles. The Bertz CT molecular complexity index is 304. The molecule has 110 valence electrons. The first-order valence-corrected chi connectivity index (χ1v) is 7.18. The van der Waals surface area contributed by atoms with Crippen LogP contribution in [0.25, 0.3) is 0 Å². The topological polar surface area (TPSA) is 70.2 Å². The molecule has 19 heavy (non-hydrogen) atoms. The van der Waals surface area contributed by atoms with Crippen LogP contribution in [0.5, 0.6) is 0 Å². The van der Waals surface area contributed by atoms with Crippen LogP contribution in [0.1, 0.15) is 52.9 Å². The maximum Gasteiger partial charge on any atom is 0.314 e. The lowest BCUT2D eigenvalue weighted by Gasteiger charge is -2.19. The summed E-state index contributed by atoms with van der Waals surface area (Å²) in [6.45, 7) is 7.18. The third-order valence-electron chi connectivity index (χ3n) is 3.14. The summed E-state index contributed by atoms with van der Waals surface area (Å²) in [5, 5.41) is 8.49. The normalized spacial score (nSPS) is 16.2. The number of rotatable bonds is 5. The number of amides is 3. The third-order valence-corrected chi connectivity index (χ3v) is 3.14. The van der Waals surface area contributed by atoms with Crippen molar-refractivity contribution in [1.29, 1.82) is 0 Å². The van der Waals surface area contributed by atoms with Crippen molar-refractivity contribution in [2.24, 2.45) is 5.41 Å². The van der Waals surface area contributed by atoms with Crippen molar-refractivity contribution in [3.63, 3.8) is 0 Å². The lowest BCUT2D eigenvalue weighted by atomic mass is 9.97. The minimum atomic E-state index is -0.205. The van der Waals surface area contributed by atoms with Crippen LogP contribution in [-0.4, -0.2) is 31.1 Å². The molecule has 0 unspecified atom stereocenters. The van der Waals surface area contributed by atoms with Gasteiger partial charge >= 0.3 is 6.03 Å². The zero-order valence-corrected chi connectivity index (χ0v) is 12.3. The molecule has 1 fully saturated rings. The Balaban J connectivity index is 2.05. The van der Waals surface area contributed by atoms with Gasteiger partial charge in [0.2, 0.25) is 5.91 Å². The van der Waals surface area contributed by atoms with Crippen LogP contribution in [0.15, 0.2) is 0 Å². The molecule has 0 radical (unpaired) electrons. The van der Waals surface area contributed by atoms with Crippen LogP contribution in [0.2, 0.25) is 0 Å². The number of carbonyl (C=O) groups is 2. The molecule has 1 rings (SSSR count). The summed E-state index contributed by atoms with van der Waals surface area (Å²) < 4.78 is 0. The quantitative estimate of drug-likeness (QED) is 0.712. The highest BCUT2D eigenvalue weighted by molar-refractivity contribution is 5.78. The van der Waals surface area contributed by atoms with Gasteiger partial charge in [-0.25, -0.2) is 4.79 Å². The van der Waals surface area contributed by atoms with Crippen molar-refractivity contribution in [2.75, 3.05) is 13.1 Å². The molecule has 0 bridgehead atoms. The molecule has 0 aliphatic heterocycles. The second-order valence-corrected chi connectivity index (χ2v) is 6.47. The van der Waals surface area contributed by atoms with Crippen molar-refractivity contribution < 1.29 is 9.59 Å². The Kier molecular flexibility index (Phi) is 6.12. The van der Waals surface area contributed by atoms with E-state index in [-0.39, 0.29) is 17.4 Å². The highest BCUT2D eigenvalue weighted by Gasteiger charge is 2.17. The van der Waals surface area contributed by atoms with E-state index in [0.29, 0.717) is 25.6 Å². The maximum absolute atomic E-state index is 11.6. The first-order chi connectivity index (χ1) is 8.87. The van der Waals surface area contributed by atoms with Crippen LogP contribution in [0.4, 0.5) is 4.79 Å². The van der Waals surface area contributed by atoms with Gasteiger partial charge in [-0.3, -0.25) is 4.79 Å². The fourth-order valence-electron chi connectivity index (χ4n) is 2.07. The average molecular weight is 269 g/mol. The monoisotopic (exact) mass is 269 g/mol. The van der Waals surface area contributed by atoms with E-state index in [0.717, 1.165) is 12.8 Å². The van der Waals surface area contributed by atoms with E-state index in [2.05, 4.69) is 36.7 Å². The Hall–Kier alpha value is -1.26. The number of nitrogens with one attached hydrogen (secondary N) is 3. The average Bonchev–Trinajstić information content (AvgIpc) is 2.78. The molecule has 0 heterocycles. The first-order valence-electron chi connectivity index (χ1n) is 7.18. The van der Waals surface area contributed by atoms with Gasteiger partial charge in [0, 0.05) is 25.6 Å². The van der Waals surface area contributed by atoms with Gasteiger partial charge in [-0.15, -0.1) is 0 Å². The molecule has 0 spiro atoms. The standard InChI is InChI=1S/C14H27N3O2/c1-14(2,3)10-16-13(19)15-9-8-12(18)17-11-6-4-5-7-11/h11H,4-10H2,1-3H3,(H,17,18)(H2,15,16,19). The molecule has 0 atom stereocenters. The van der Waals surface area contributed by atoms with Gasteiger partial charge in [-0.05, 0) is 18.3 Å². The van der Waals surface area contributed by atoms with Crippen LogP contribution in [-0.2, 0) is 4.79 Å². The Morgan fingerprint density at radius 2 is 1.74 bits per heavy atom. The summed E-state index contributed by atoms with van der Waals surface area (Å²) in [5.41, 5.74) is 0.0667. The van der Waals surface area contributed by atoms with Gasteiger partial charge in [0.05, 0.1) is 0 Å². The maximum atomic E-state index is 11.6. The van der Waals surface area contributed by atoms with Gasteiger partial charge in [0.25, 0.3) is 0 Å². The van der Waals surface area contributed by atoms with Gasteiger partial charge in [-0.1, -0.05) is 33.6 Å². The van der Waals surface area contributed by atoms with E-state index in [1.54, 1.807) is 0 Å². The van der Waals surface area contributed by atoms with E-state index < -0.39 is 0 Å². The molecular weight excluding hydrogens is 242 g/mol. The lowest BCUT2D eigenvalue weighted by Crippen LogP contribution is -2.41. The van der Waals surface area contributed by atoms with E-state index in [4.69, 9.17) is 0 Å². The predicted molar refractivity (Wildman–Crippen MR) is 75.9 cm³/mol. The zero-order chi connectivity index (χ0) is 14.3. The van der Waals surface area contributed by atoms with Gasteiger partial charge in [0.15, 0.2) is 0 Å². The summed E-state index contributed by atoms with van der Waals surface area (Å²) in [6, 6.07) is 0.144. The minimum absolute atomic E-state index is 0.0306. The second-order valence-electron chi connectivity index (χ2n) is 6.47. The second kappa shape index (κ2) is 7.36. The molecule has 3 N–H and O–H groups in total. The highest BCUT2D eigenvalue weighted by Crippen LogP contribution is 2.17. The summed E-state index contributed by atoms with van der Waals surface area (Å²) in [7, 11) is 0. The minimum Gasteiger partial charge on any atom is -0.353 e. The largest absolute Gasteiger partial charge is 0.353 e. The van der Waals surface area contributed by atoms with Gasteiger partial charge in [0.1, 0.15) is 0 Å². The highest BCUT2D eigenvalue weighted by atomic mass is 16.2. The summed E-state index contributed by atoms with van der Waals surface area (Å²) in [5.74, 6) is 0.0306. The third kappa shape index (κ3) is 7.70. The SMILES string of the molecule is CC(C)(C)CNC(=O)NCCC(=O)NC1CCCC1. The molecule has 1 aliphatic carbocycles. The molecule has 0 aromatic heterocycles. The van der Waals surface area contributed by atoms with Crippen molar-refractivity contribution in [3.8, 4) is 0 Å². The molecule has 5 nitrogen and oxygen atoms in total. The van der Waals surface area contributed by atoms with E-state index in [1.165, 1.54) is 12.8 Å². The fourth-order valence-corrected chi connectivity index (χ4v) is 2.07. The van der Waals surface area contributed by atoms with Gasteiger partial charge < -0.3 is 16.0 Å². The van der Waals surface area contributed by atoms with Crippen molar-refractivity contribution >= 4 is 11.9 Å². The summed E-state index contributed by atoms with van der Waals surface area (Å²) in [4.78, 5) is 23.1. The number of urea groups is 1. The number of hydrogen-bond donors (Lipinski definition) is 3. The zero-order valence-electron chi connectivity index (χ0n) is 12.3. The van der Waals surface area contributed by atoms with Crippen LogP contribution in [0.3, 0.4) is 0 Å². The first kappa shape index (κ1) is 15.8. The van der Waals surface area contributed by atoms with Crippen LogP contribution in [0, 0.1) is 5.41 Å². The molecule has 1 saturated carbocycles. The van der Waals surface area contributed by atoms with E-state index >= 15 is 0 Å². The molecule has 3 amide bonds. The number of hydrogen-bond acceptors (Lipinski definition) is 2. The smallest absolute Gasteiger partial charge is 0.314 e. The van der Waals surface area contributed by atoms with Crippen molar-refractivity contribution in [2.45, 2.75) is 58.9 Å². The predicted octanol–water partition coefficient (Wildman–Crippen LogP) is 1.78. The van der Waals surface area contributed by atoms with E-state index in [1.807, 2.05) is 0 Å². The van der Waals surface area contributed by atoms with E-state index in [9.17, 15) is 9.59 Å². The van der Waals surface area contributed by atoms with Crippen LogP contribution < -0.4 is 16.0 Å². The summed E-state index contributed by atoms with van der Waals surface area (Å²) in [6.07, 6.45) is 4.94. The lowest BCUT2D eigenvalue weighted by molar-refractivity contribution is -0.121.